The number of rotatable bonds is 3. The summed E-state index contributed by atoms with van der Waals surface area (Å²) >= 11 is 5.88. The maximum Gasteiger partial charge on any atom is 0.228 e. The third kappa shape index (κ3) is 4.54. The van der Waals surface area contributed by atoms with Gasteiger partial charge in [0, 0.05) is 29.7 Å². The molecular weight excluding hydrogens is 361 g/mol. The van der Waals surface area contributed by atoms with Gasteiger partial charge in [0.15, 0.2) is 0 Å². The third-order valence-electron chi connectivity index (χ3n) is 4.64. The Morgan fingerprint density at radius 2 is 2.08 bits per heavy atom. The fraction of sp³-hybridized carbons (Fsp3) is 0.444. The van der Waals surface area contributed by atoms with Gasteiger partial charge in [-0.2, -0.15) is 0 Å². The maximum atomic E-state index is 12.5. The summed E-state index contributed by atoms with van der Waals surface area (Å²) in [5.41, 5.74) is 7.54. The molecule has 1 amide bonds. The summed E-state index contributed by atoms with van der Waals surface area (Å²) in [6.07, 6.45) is 2.61. The molecule has 7 heteroatoms. The van der Waals surface area contributed by atoms with Gasteiger partial charge in [0.25, 0.3) is 0 Å². The van der Waals surface area contributed by atoms with Gasteiger partial charge < -0.3 is 15.1 Å². The second kappa shape index (κ2) is 7.77. The Bertz CT molecular complexity index is 728. The lowest BCUT2D eigenvalue weighted by molar-refractivity contribution is -0.133. The van der Waals surface area contributed by atoms with Crippen molar-refractivity contribution >= 4 is 29.9 Å². The van der Waals surface area contributed by atoms with Crippen molar-refractivity contribution in [2.75, 3.05) is 13.1 Å². The molecule has 1 aromatic carbocycles. The number of nitrogens with two attached hydrogens (primary N) is 1. The highest BCUT2D eigenvalue weighted by atomic mass is 35.5. The second-order valence-corrected chi connectivity index (χ2v) is 7.46. The molecule has 1 aliphatic rings. The van der Waals surface area contributed by atoms with Crippen molar-refractivity contribution in [2.45, 2.75) is 32.7 Å². The van der Waals surface area contributed by atoms with Crippen LogP contribution in [0.15, 0.2) is 34.9 Å². The second-order valence-electron chi connectivity index (χ2n) is 7.03. The molecule has 3 rings (SSSR count). The first-order valence-electron chi connectivity index (χ1n) is 8.09. The molecule has 2 N–H and O–H groups in total. The summed E-state index contributed by atoms with van der Waals surface area (Å²) < 4.78 is 5.49. The lowest BCUT2D eigenvalue weighted by Crippen LogP contribution is -2.54. The lowest BCUT2D eigenvalue weighted by atomic mass is 9.79. The molecule has 1 aliphatic heterocycles. The number of carbonyl (C=O) groups excluding carboxylic acids is 1. The van der Waals surface area contributed by atoms with Gasteiger partial charge in [-0.3, -0.25) is 4.79 Å². The number of hydrogen-bond donors (Lipinski definition) is 1. The molecule has 0 bridgehead atoms. The number of nitrogens with zero attached hydrogens (tertiary/aromatic N) is 2. The van der Waals surface area contributed by atoms with Crippen LogP contribution >= 0.6 is 24.0 Å². The summed E-state index contributed by atoms with van der Waals surface area (Å²) in [6.45, 7) is 5.58. The molecule has 1 aromatic heterocycles. The number of halogens is 2. The van der Waals surface area contributed by atoms with Crippen LogP contribution in [0.3, 0.4) is 0 Å². The molecule has 0 aliphatic carbocycles. The first-order chi connectivity index (χ1) is 11.3. The summed E-state index contributed by atoms with van der Waals surface area (Å²) in [5, 5.41) is 0.659. The predicted molar refractivity (Wildman–Crippen MR) is 101 cm³/mol. The number of amides is 1. The van der Waals surface area contributed by atoms with Crippen LogP contribution in [0.1, 0.15) is 26.0 Å². The van der Waals surface area contributed by atoms with Gasteiger partial charge >= 0.3 is 0 Å². The van der Waals surface area contributed by atoms with E-state index < -0.39 is 0 Å². The molecule has 0 spiro atoms. The Morgan fingerprint density at radius 3 is 2.72 bits per heavy atom. The monoisotopic (exact) mass is 383 g/mol. The van der Waals surface area contributed by atoms with Crippen LogP contribution in [0.4, 0.5) is 0 Å². The van der Waals surface area contributed by atoms with Crippen molar-refractivity contribution < 1.29 is 9.21 Å². The molecule has 25 heavy (non-hydrogen) atoms. The van der Waals surface area contributed by atoms with Gasteiger partial charge in [0.1, 0.15) is 6.26 Å². The van der Waals surface area contributed by atoms with Crippen LogP contribution < -0.4 is 5.73 Å². The van der Waals surface area contributed by atoms with E-state index in [2.05, 4.69) is 18.8 Å². The van der Waals surface area contributed by atoms with Crippen molar-refractivity contribution in [3.05, 3.63) is 41.2 Å². The summed E-state index contributed by atoms with van der Waals surface area (Å²) in [4.78, 5) is 18.8. The molecule has 5 nitrogen and oxygen atoms in total. The van der Waals surface area contributed by atoms with Crippen LogP contribution in [0.5, 0.6) is 0 Å². The maximum absolute atomic E-state index is 12.5. The fourth-order valence-electron chi connectivity index (χ4n) is 2.97. The predicted octanol–water partition coefficient (Wildman–Crippen LogP) is 3.55. The quantitative estimate of drug-likeness (QED) is 0.879. The molecule has 1 unspecified atom stereocenters. The van der Waals surface area contributed by atoms with E-state index >= 15 is 0 Å². The van der Waals surface area contributed by atoms with E-state index in [9.17, 15) is 4.79 Å². The van der Waals surface area contributed by atoms with E-state index in [1.54, 1.807) is 18.4 Å². The summed E-state index contributed by atoms with van der Waals surface area (Å²) in [6, 6.07) is 7.38. The molecular formula is C18H23Cl2N3O2. The SMILES string of the molecule is CC1(C)CN(C(=O)Cc2coc(-c3ccc(Cl)cc3)n2)CCC1N.Cl. The van der Waals surface area contributed by atoms with Gasteiger partial charge in [-0.25, -0.2) is 4.98 Å². The van der Waals surface area contributed by atoms with Crippen LogP contribution in [0, 0.1) is 5.41 Å². The Labute approximate surface area is 158 Å². The normalized spacial score (nSPS) is 19.4. The van der Waals surface area contributed by atoms with E-state index in [-0.39, 0.29) is 36.2 Å². The zero-order valence-electron chi connectivity index (χ0n) is 14.4. The minimum atomic E-state index is -0.0633. The Balaban J connectivity index is 0.00000225. The van der Waals surface area contributed by atoms with Crippen LogP contribution in [0.25, 0.3) is 11.5 Å². The molecule has 1 fully saturated rings. The average molecular weight is 384 g/mol. The van der Waals surface area contributed by atoms with Crippen LogP contribution in [0.2, 0.25) is 5.02 Å². The number of piperidine rings is 1. The minimum absolute atomic E-state index is 0. The van der Waals surface area contributed by atoms with Crippen LogP contribution in [-0.2, 0) is 11.2 Å². The van der Waals surface area contributed by atoms with E-state index in [0.29, 0.717) is 29.7 Å². The molecule has 0 saturated carbocycles. The number of carbonyl (C=O) groups is 1. The number of likely N-dealkylation sites (tertiary alicyclic amines) is 1. The lowest BCUT2D eigenvalue weighted by Gasteiger charge is -2.42. The molecule has 2 heterocycles. The standard InChI is InChI=1S/C18H22ClN3O2.ClH/c1-18(2)11-22(8-7-15(18)20)16(23)9-14-10-24-17(21-14)12-3-5-13(19)6-4-12;/h3-6,10,15H,7-9,11,20H2,1-2H3;1H. The zero-order chi connectivity index (χ0) is 17.3. The Kier molecular flexibility index (Phi) is 6.14. The van der Waals surface area contributed by atoms with Gasteiger partial charge in [-0.15, -0.1) is 12.4 Å². The average Bonchev–Trinajstić information content (AvgIpc) is 2.99. The highest BCUT2D eigenvalue weighted by Gasteiger charge is 2.35. The van der Waals surface area contributed by atoms with E-state index in [1.165, 1.54) is 0 Å². The fourth-order valence-corrected chi connectivity index (χ4v) is 3.09. The van der Waals surface area contributed by atoms with E-state index in [4.69, 9.17) is 21.8 Å². The molecule has 2 aromatic rings. The van der Waals surface area contributed by atoms with Gasteiger partial charge in [-0.05, 0) is 36.1 Å². The van der Waals surface area contributed by atoms with Crippen molar-refractivity contribution in [3.63, 3.8) is 0 Å². The smallest absolute Gasteiger partial charge is 0.228 e. The molecule has 0 radical (unpaired) electrons. The molecule has 136 valence electrons. The Hall–Kier alpha value is -1.56. The third-order valence-corrected chi connectivity index (χ3v) is 4.89. The first-order valence-corrected chi connectivity index (χ1v) is 8.47. The minimum Gasteiger partial charge on any atom is -0.444 e. The molecule has 1 saturated heterocycles. The molecule has 1 atom stereocenters. The van der Waals surface area contributed by atoms with Gasteiger partial charge in [0.05, 0.1) is 12.1 Å². The number of oxazole rings is 1. The summed E-state index contributed by atoms with van der Waals surface area (Å²) in [7, 11) is 0. The number of aromatic nitrogens is 1. The van der Waals surface area contributed by atoms with E-state index in [0.717, 1.165) is 12.0 Å². The van der Waals surface area contributed by atoms with Gasteiger partial charge in [0.2, 0.25) is 11.8 Å². The van der Waals surface area contributed by atoms with Crippen molar-refractivity contribution in [1.82, 2.24) is 9.88 Å². The Morgan fingerprint density at radius 1 is 1.40 bits per heavy atom. The zero-order valence-corrected chi connectivity index (χ0v) is 15.9. The van der Waals surface area contributed by atoms with Crippen LogP contribution in [-0.4, -0.2) is 34.9 Å². The highest BCUT2D eigenvalue weighted by molar-refractivity contribution is 6.30. The van der Waals surface area contributed by atoms with Crippen molar-refractivity contribution in [3.8, 4) is 11.5 Å². The highest BCUT2D eigenvalue weighted by Crippen LogP contribution is 2.28. The number of hydrogen-bond acceptors (Lipinski definition) is 4. The van der Waals surface area contributed by atoms with Crippen molar-refractivity contribution in [2.24, 2.45) is 11.1 Å². The van der Waals surface area contributed by atoms with Crippen molar-refractivity contribution in [1.29, 1.82) is 0 Å². The first kappa shape index (κ1) is 19.8. The van der Waals surface area contributed by atoms with E-state index in [1.807, 2.05) is 17.0 Å². The topological polar surface area (TPSA) is 72.4 Å². The largest absolute Gasteiger partial charge is 0.444 e. The number of benzene rings is 1. The summed E-state index contributed by atoms with van der Waals surface area (Å²) in [5.74, 6) is 0.557. The van der Waals surface area contributed by atoms with Gasteiger partial charge in [-0.1, -0.05) is 25.4 Å².